The minimum atomic E-state index is 0.142. The van der Waals surface area contributed by atoms with Crippen molar-refractivity contribution >= 4 is 11.7 Å². The van der Waals surface area contributed by atoms with Gasteiger partial charge in [-0.3, -0.25) is 4.79 Å². The SMILES string of the molecule is CN1CCC[C@@H]1[C@@H]1CCCN1C(=O)c1ccc(N2CCOCC2)nc1. The molecule has 3 aliphatic rings. The van der Waals surface area contributed by atoms with Crippen molar-refractivity contribution in [2.24, 2.45) is 0 Å². The highest BCUT2D eigenvalue weighted by Gasteiger charge is 2.38. The van der Waals surface area contributed by atoms with Crippen LogP contribution in [0.25, 0.3) is 0 Å². The average Bonchev–Trinajstić information content (AvgIpc) is 3.30. The fourth-order valence-electron chi connectivity index (χ4n) is 4.52. The van der Waals surface area contributed by atoms with Crippen LogP contribution in [0, 0.1) is 0 Å². The summed E-state index contributed by atoms with van der Waals surface area (Å²) in [6.07, 6.45) is 6.44. The lowest BCUT2D eigenvalue weighted by molar-refractivity contribution is 0.0664. The van der Waals surface area contributed by atoms with E-state index < -0.39 is 0 Å². The van der Waals surface area contributed by atoms with E-state index in [1.165, 1.54) is 12.8 Å². The lowest BCUT2D eigenvalue weighted by atomic mass is 10.0. The van der Waals surface area contributed by atoms with E-state index in [0.29, 0.717) is 17.6 Å². The van der Waals surface area contributed by atoms with Gasteiger partial charge in [-0.1, -0.05) is 0 Å². The molecule has 0 bridgehead atoms. The van der Waals surface area contributed by atoms with Crippen LogP contribution in [0.5, 0.6) is 0 Å². The molecule has 0 unspecified atom stereocenters. The summed E-state index contributed by atoms with van der Waals surface area (Å²) in [7, 11) is 2.19. The van der Waals surface area contributed by atoms with Crippen molar-refractivity contribution in [1.29, 1.82) is 0 Å². The van der Waals surface area contributed by atoms with Crippen LogP contribution >= 0.6 is 0 Å². The molecule has 25 heavy (non-hydrogen) atoms. The van der Waals surface area contributed by atoms with E-state index in [4.69, 9.17) is 4.74 Å². The van der Waals surface area contributed by atoms with Crippen LogP contribution in [-0.4, -0.2) is 79.2 Å². The Hall–Kier alpha value is -1.66. The van der Waals surface area contributed by atoms with Crippen LogP contribution in [0.4, 0.5) is 5.82 Å². The van der Waals surface area contributed by atoms with E-state index in [1.807, 2.05) is 12.1 Å². The molecular weight excluding hydrogens is 316 g/mol. The number of likely N-dealkylation sites (tertiary alicyclic amines) is 2. The first-order valence-corrected chi connectivity index (χ1v) is 9.54. The van der Waals surface area contributed by atoms with Gasteiger partial charge in [0.15, 0.2) is 0 Å². The Morgan fingerprint density at radius 3 is 2.52 bits per heavy atom. The Morgan fingerprint density at radius 2 is 1.84 bits per heavy atom. The van der Waals surface area contributed by atoms with Gasteiger partial charge in [0.1, 0.15) is 5.82 Å². The maximum atomic E-state index is 13.0. The number of hydrogen-bond acceptors (Lipinski definition) is 5. The number of morpholine rings is 1. The molecule has 136 valence electrons. The molecule has 6 nitrogen and oxygen atoms in total. The number of anilines is 1. The van der Waals surface area contributed by atoms with Crippen LogP contribution in [0.15, 0.2) is 18.3 Å². The summed E-state index contributed by atoms with van der Waals surface area (Å²) in [5.74, 6) is 1.08. The molecule has 3 saturated heterocycles. The molecule has 3 fully saturated rings. The number of nitrogens with zero attached hydrogens (tertiary/aromatic N) is 4. The second-order valence-electron chi connectivity index (χ2n) is 7.40. The molecule has 1 aromatic heterocycles. The van der Waals surface area contributed by atoms with Crippen molar-refractivity contribution in [3.8, 4) is 0 Å². The Labute approximate surface area is 149 Å². The van der Waals surface area contributed by atoms with E-state index in [9.17, 15) is 4.79 Å². The maximum Gasteiger partial charge on any atom is 0.255 e. The molecule has 4 heterocycles. The van der Waals surface area contributed by atoms with Gasteiger partial charge in [-0.05, 0) is 51.4 Å². The van der Waals surface area contributed by atoms with Crippen LogP contribution in [0.2, 0.25) is 0 Å². The fraction of sp³-hybridized carbons (Fsp3) is 0.684. The average molecular weight is 344 g/mol. The van der Waals surface area contributed by atoms with Crippen molar-refractivity contribution in [2.45, 2.75) is 37.8 Å². The van der Waals surface area contributed by atoms with Gasteiger partial charge in [0.25, 0.3) is 5.91 Å². The maximum absolute atomic E-state index is 13.0. The van der Waals surface area contributed by atoms with Crippen molar-refractivity contribution in [3.05, 3.63) is 23.9 Å². The van der Waals surface area contributed by atoms with Gasteiger partial charge in [-0.2, -0.15) is 0 Å². The van der Waals surface area contributed by atoms with Crippen LogP contribution in [0.3, 0.4) is 0 Å². The number of aromatic nitrogens is 1. The third-order valence-electron chi connectivity index (χ3n) is 5.91. The van der Waals surface area contributed by atoms with E-state index >= 15 is 0 Å². The standard InChI is InChI=1S/C19H28N4O2/c1-21-8-2-4-16(21)17-5-3-9-23(17)19(24)15-6-7-18(20-14-15)22-10-12-25-13-11-22/h6-7,14,16-17H,2-5,8-13H2,1H3/t16-,17+/m1/s1. The molecule has 6 heteroatoms. The summed E-state index contributed by atoms with van der Waals surface area (Å²) in [5.41, 5.74) is 0.713. The number of carbonyl (C=O) groups excluding carboxylic acids is 1. The van der Waals surface area contributed by atoms with Crippen LogP contribution in [-0.2, 0) is 4.74 Å². The number of likely N-dealkylation sites (N-methyl/N-ethyl adjacent to an activating group) is 1. The second kappa shape index (κ2) is 7.30. The molecule has 0 aliphatic carbocycles. The van der Waals surface area contributed by atoms with Gasteiger partial charge in [0, 0.05) is 37.9 Å². The summed E-state index contributed by atoms with van der Waals surface area (Å²) < 4.78 is 5.39. The van der Waals surface area contributed by atoms with Gasteiger partial charge in [-0.25, -0.2) is 4.98 Å². The summed E-state index contributed by atoms with van der Waals surface area (Å²) in [6.45, 7) is 5.24. The summed E-state index contributed by atoms with van der Waals surface area (Å²) >= 11 is 0. The van der Waals surface area contributed by atoms with Crippen molar-refractivity contribution in [2.75, 3.05) is 51.3 Å². The summed E-state index contributed by atoms with van der Waals surface area (Å²) in [5, 5.41) is 0. The molecule has 0 radical (unpaired) electrons. The van der Waals surface area contributed by atoms with Gasteiger partial charge in [0.05, 0.1) is 18.8 Å². The smallest absolute Gasteiger partial charge is 0.255 e. The van der Waals surface area contributed by atoms with Crippen molar-refractivity contribution in [3.63, 3.8) is 0 Å². The summed E-state index contributed by atoms with van der Waals surface area (Å²) in [6, 6.07) is 4.80. The second-order valence-corrected chi connectivity index (χ2v) is 7.40. The highest BCUT2D eigenvalue weighted by Crippen LogP contribution is 2.30. The van der Waals surface area contributed by atoms with E-state index in [1.54, 1.807) is 6.20 Å². The van der Waals surface area contributed by atoms with E-state index in [2.05, 4.69) is 26.7 Å². The molecule has 0 saturated carbocycles. The highest BCUT2D eigenvalue weighted by molar-refractivity contribution is 5.94. The Bertz CT molecular complexity index is 600. The lowest BCUT2D eigenvalue weighted by Crippen LogP contribution is -2.47. The molecule has 3 aliphatic heterocycles. The molecule has 4 rings (SSSR count). The molecule has 1 amide bonds. The molecule has 0 spiro atoms. The number of hydrogen-bond donors (Lipinski definition) is 0. The molecular formula is C19H28N4O2. The topological polar surface area (TPSA) is 48.9 Å². The number of ether oxygens (including phenoxy) is 1. The minimum absolute atomic E-state index is 0.142. The zero-order valence-corrected chi connectivity index (χ0v) is 15.1. The van der Waals surface area contributed by atoms with Crippen molar-refractivity contribution < 1.29 is 9.53 Å². The summed E-state index contributed by atoms with van der Waals surface area (Å²) in [4.78, 5) is 24.3. The Kier molecular flexibility index (Phi) is 4.90. The van der Waals surface area contributed by atoms with E-state index in [-0.39, 0.29) is 5.91 Å². The molecule has 0 N–H and O–H groups in total. The minimum Gasteiger partial charge on any atom is -0.378 e. The number of carbonyl (C=O) groups is 1. The van der Waals surface area contributed by atoms with Gasteiger partial charge < -0.3 is 19.4 Å². The first-order valence-electron chi connectivity index (χ1n) is 9.54. The van der Waals surface area contributed by atoms with E-state index in [0.717, 1.165) is 58.1 Å². The fourth-order valence-corrected chi connectivity index (χ4v) is 4.52. The Morgan fingerprint density at radius 1 is 1.08 bits per heavy atom. The predicted octanol–water partition coefficient (Wildman–Crippen LogP) is 1.62. The van der Waals surface area contributed by atoms with Crippen LogP contribution in [0.1, 0.15) is 36.0 Å². The van der Waals surface area contributed by atoms with Gasteiger partial charge >= 0.3 is 0 Å². The zero-order valence-electron chi connectivity index (χ0n) is 15.1. The Balaban J connectivity index is 1.46. The number of rotatable bonds is 3. The van der Waals surface area contributed by atoms with Crippen molar-refractivity contribution in [1.82, 2.24) is 14.8 Å². The quantitative estimate of drug-likeness (QED) is 0.834. The zero-order chi connectivity index (χ0) is 17.2. The van der Waals surface area contributed by atoms with Crippen LogP contribution < -0.4 is 4.90 Å². The third kappa shape index (κ3) is 3.37. The monoisotopic (exact) mass is 344 g/mol. The third-order valence-corrected chi connectivity index (χ3v) is 5.91. The normalized spacial score (nSPS) is 27.9. The number of amides is 1. The lowest BCUT2D eigenvalue weighted by Gasteiger charge is -2.33. The van der Waals surface area contributed by atoms with Gasteiger partial charge in [0.2, 0.25) is 0 Å². The highest BCUT2D eigenvalue weighted by atomic mass is 16.5. The predicted molar refractivity (Wildman–Crippen MR) is 97.0 cm³/mol. The molecule has 2 atom stereocenters. The molecule has 0 aromatic carbocycles. The molecule has 1 aromatic rings. The largest absolute Gasteiger partial charge is 0.378 e. The first kappa shape index (κ1) is 16.8. The van der Waals surface area contributed by atoms with Gasteiger partial charge in [-0.15, -0.1) is 0 Å². The number of pyridine rings is 1. The first-order chi connectivity index (χ1) is 12.2.